The highest BCUT2D eigenvalue weighted by atomic mass is 16.4. The van der Waals surface area contributed by atoms with Crippen molar-refractivity contribution in [2.24, 2.45) is 0 Å². The van der Waals surface area contributed by atoms with Crippen LogP contribution in [0.4, 0.5) is 0 Å². The molecule has 0 aromatic carbocycles. The first-order chi connectivity index (χ1) is 8.00. The molecule has 1 unspecified atom stereocenters. The summed E-state index contributed by atoms with van der Waals surface area (Å²) in [7, 11) is 2.08. The van der Waals surface area contributed by atoms with Crippen LogP contribution in [0.15, 0.2) is 0 Å². The minimum absolute atomic E-state index is 0.168. The molecule has 0 spiro atoms. The zero-order valence-electron chi connectivity index (χ0n) is 10.6. The maximum atomic E-state index is 11.5. The van der Waals surface area contributed by atoms with Gasteiger partial charge in [0.25, 0.3) is 0 Å². The number of nitrogens with zero attached hydrogens (tertiary/aromatic N) is 1. The third kappa shape index (κ3) is 4.73. The molecule has 0 aromatic rings. The number of carboxylic acid groups (broad SMARTS) is 1. The van der Waals surface area contributed by atoms with Gasteiger partial charge in [0.05, 0.1) is 0 Å². The van der Waals surface area contributed by atoms with Gasteiger partial charge in [0.2, 0.25) is 5.91 Å². The smallest absolute Gasteiger partial charge is 0.325 e. The number of nitrogens with one attached hydrogen (secondary N) is 1. The van der Waals surface area contributed by atoms with E-state index in [-0.39, 0.29) is 5.91 Å². The van der Waals surface area contributed by atoms with Gasteiger partial charge in [-0.25, -0.2) is 0 Å². The fourth-order valence-corrected chi connectivity index (χ4v) is 2.18. The van der Waals surface area contributed by atoms with Crippen molar-refractivity contribution in [2.75, 3.05) is 13.6 Å². The summed E-state index contributed by atoms with van der Waals surface area (Å²) < 4.78 is 0. The van der Waals surface area contributed by atoms with Crippen LogP contribution >= 0.6 is 0 Å². The van der Waals surface area contributed by atoms with Gasteiger partial charge in [-0.15, -0.1) is 0 Å². The Bertz CT molecular complexity index is 281. The van der Waals surface area contributed by atoms with E-state index in [2.05, 4.69) is 17.3 Å². The highest BCUT2D eigenvalue weighted by Gasteiger charge is 2.20. The third-order valence-electron chi connectivity index (χ3n) is 3.37. The minimum Gasteiger partial charge on any atom is -0.480 e. The Balaban J connectivity index is 2.25. The summed E-state index contributed by atoms with van der Waals surface area (Å²) in [6, 6.07) is -0.332. The van der Waals surface area contributed by atoms with Crippen LogP contribution in [-0.2, 0) is 9.59 Å². The Kier molecular flexibility index (Phi) is 5.41. The van der Waals surface area contributed by atoms with Crippen LogP contribution < -0.4 is 5.32 Å². The van der Waals surface area contributed by atoms with Crippen molar-refractivity contribution in [3.63, 3.8) is 0 Å². The molecule has 17 heavy (non-hydrogen) atoms. The van der Waals surface area contributed by atoms with E-state index in [1.807, 2.05) is 0 Å². The van der Waals surface area contributed by atoms with Crippen LogP contribution in [0.2, 0.25) is 0 Å². The van der Waals surface area contributed by atoms with Gasteiger partial charge in [0, 0.05) is 12.5 Å². The Labute approximate surface area is 102 Å². The van der Waals surface area contributed by atoms with Gasteiger partial charge in [0.1, 0.15) is 6.04 Å². The van der Waals surface area contributed by atoms with Crippen molar-refractivity contribution >= 4 is 11.9 Å². The molecule has 0 bridgehead atoms. The number of aliphatic carboxylic acids is 1. The molecule has 1 heterocycles. The average molecular weight is 242 g/mol. The molecule has 2 N–H and O–H groups in total. The van der Waals surface area contributed by atoms with Crippen LogP contribution in [0, 0.1) is 0 Å². The first kappa shape index (κ1) is 14.0. The number of amides is 1. The third-order valence-corrected chi connectivity index (χ3v) is 3.37. The van der Waals surface area contributed by atoms with E-state index >= 15 is 0 Å². The number of carboxylic acids is 1. The number of hydrogen-bond donors (Lipinski definition) is 2. The lowest BCUT2D eigenvalue weighted by Gasteiger charge is -2.32. The molecule has 0 aliphatic carbocycles. The van der Waals surface area contributed by atoms with Crippen molar-refractivity contribution in [3.8, 4) is 0 Å². The number of likely N-dealkylation sites (tertiary alicyclic amines) is 1. The lowest BCUT2D eigenvalue weighted by Crippen LogP contribution is -2.40. The maximum absolute atomic E-state index is 11.5. The second kappa shape index (κ2) is 6.59. The summed E-state index contributed by atoms with van der Waals surface area (Å²) in [5.74, 6) is -1.16. The van der Waals surface area contributed by atoms with E-state index in [1.165, 1.54) is 19.8 Å². The second-order valence-corrected chi connectivity index (χ2v) is 4.80. The van der Waals surface area contributed by atoms with Gasteiger partial charge < -0.3 is 15.3 Å². The predicted molar refractivity (Wildman–Crippen MR) is 64.7 cm³/mol. The standard InChI is InChI=1S/C12H22N2O3/c1-9(12(16)17)13-11(15)7-6-10-5-3-4-8-14(10)2/h9-10H,3-8H2,1-2H3,(H,13,15)(H,16,17)/t9-,10?/m0/s1. The molecule has 1 saturated heterocycles. The number of rotatable bonds is 5. The highest BCUT2D eigenvalue weighted by Crippen LogP contribution is 2.18. The molecule has 5 heteroatoms. The number of hydrogen-bond acceptors (Lipinski definition) is 3. The van der Waals surface area contributed by atoms with E-state index in [9.17, 15) is 9.59 Å². The second-order valence-electron chi connectivity index (χ2n) is 4.80. The molecule has 1 aliphatic heterocycles. The summed E-state index contributed by atoms with van der Waals surface area (Å²) in [6.45, 7) is 2.57. The van der Waals surface area contributed by atoms with Crippen LogP contribution in [0.1, 0.15) is 39.0 Å². The SMILES string of the molecule is C[C@H](NC(=O)CCC1CCCCN1C)C(=O)O. The van der Waals surface area contributed by atoms with Crippen LogP contribution in [0.5, 0.6) is 0 Å². The number of carbonyl (C=O) groups is 2. The molecule has 1 fully saturated rings. The molecule has 5 nitrogen and oxygen atoms in total. The van der Waals surface area contributed by atoms with Crippen molar-refractivity contribution < 1.29 is 14.7 Å². The normalized spacial score (nSPS) is 23.1. The van der Waals surface area contributed by atoms with Gasteiger partial charge in [-0.3, -0.25) is 9.59 Å². The fraction of sp³-hybridized carbons (Fsp3) is 0.833. The zero-order valence-corrected chi connectivity index (χ0v) is 10.6. The lowest BCUT2D eigenvalue weighted by atomic mass is 9.98. The Morgan fingerprint density at radius 1 is 1.47 bits per heavy atom. The average Bonchev–Trinajstić information content (AvgIpc) is 2.27. The highest BCUT2D eigenvalue weighted by molar-refractivity contribution is 5.83. The van der Waals surface area contributed by atoms with Crippen LogP contribution in [-0.4, -0.2) is 47.6 Å². The Hall–Kier alpha value is -1.10. The summed E-state index contributed by atoms with van der Waals surface area (Å²) in [6.07, 6.45) is 4.82. The van der Waals surface area contributed by atoms with Crippen molar-refractivity contribution in [2.45, 2.75) is 51.1 Å². The summed E-state index contributed by atoms with van der Waals surface area (Å²) in [4.78, 5) is 24.4. The number of carbonyl (C=O) groups excluding carboxylic acids is 1. The van der Waals surface area contributed by atoms with Gasteiger partial charge in [-0.05, 0) is 39.8 Å². The van der Waals surface area contributed by atoms with Gasteiger partial charge in [-0.2, -0.15) is 0 Å². The summed E-state index contributed by atoms with van der Waals surface area (Å²) in [5.41, 5.74) is 0. The molecule has 98 valence electrons. The fourth-order valence-electron chi connectivity index (χ4n) is 2.18. The van der Waals surface area contributed by atoms with E-state index in [0.29, 0.717) is 12.5 Å². The van der Waals surface area contributed by atoms with Crippen LogP contribution in [0.3, 0.4) is 0 Å². The Morgan fingerprint density at radius 3 is 2.76 bits per heavy atom. The van der Waals surface area contributed by atoms with Crippen molar-refractivity contribution in [1.82, 2.24) is 10.2 Å². The predicted octanol–water partition coefficient (Wildman–Crippen LogP) is 0.840. The van der Waals surface area contributed by atoms with Gasteiger partial charge in [-0.1, -0.05) is 6.42 Å². The quantitative estimate of drug-likeness (QED) is 0.749. The number of piperidine rings is 1. The molecule has 1 aliphatic rings. The summed E-state index contributed by atoms with van der Waals surface area (Å²) in [5, 5.41) is 11.1. The van der Waals surface area contributed by atoms with E-state index in [4.69, 9.17) is 5.11 Å². The van der Waals surface area contributed by atoms with Crippen molar-refractivity contribution in [1.29, 1.82) is 0 Å². The molecule has 0 aromatic heterocycles. The zero-order chi connectivity index (χ0) is 12.8. The Morgan fingerprint density at radius 2 is 2.18 bits per heavy atom. The summed E-state index contributed by atoms with van der Waals surface area (Å²) >= 11 is 0. The van der Waals surface area contributed by atoms with E-state index in [0.717, 1.165) is 19.4 Å². The first-order valence-electron chi connectivity index (χ1n) is 6.23. The molecular formula is C12H22N2O3. The van der Waals surface area contributed by atoms with Gasteiger partial charge in [0.15, 0.2) is 0 Å². The minimum atomic E-state index is -0.992. The first-order valence-corrected chi connectivity index (χ1v) is 6.23. The molecule has 2 atom stereocenters. The van der Waals surface area contributed by atoms with E-state index < -0.39 is 12.0 Å². The molecule has 1 amide bonds. The molecule has 0 saturated carbocycles. The largest absolute Gasteiger partial charge is 0.480 e. The molecular weight excluding hydrogens is 220 g/mol. The van der Waals surface area contributed by atoms with Gasteiger partial charge >= 0.3 is 5.97 Å². The molecule has 0 radical (unpaired) electrons. The van der Waals surface area contributed by atoms with Crippen LogP contribution in [0.25, 0.3) is 0 Å². The monoisotopic (exact) mass is 242 g/mol. The molecule has 1 rings (SSSR count). The van der Waals surface area contributed by atoms with Crippen molar-refractivity contribution in [3.05, 3.63) is 0 Å². The lowest BCUT2D eigenvalue weighted by molar-refractivity contribution is -0.141. The maximum Gasteiger partial charge on any atom is 0.325 e. The van der Waals surface area contributed by atoms with E-state index in [1.54, 1.807) is 0 Å². The topological polar surface area (TPSA) is 69.6 Å².